The predicted molar refractivity (Wildman–Crippen MR) is 89.3 cm³/mol. The number of nitrogens with zero attached hydrogens (tertiary/aromatic N) is 2. The van der Waals surface area contributed by atoms with Crippen LogP contribution in [0.5, 0.6) is 0 Å². The summed E-state index contributed by atoms with van der Waals surface area (Å²) in [6.07, 6.45) is 2.41. The van der Waals surface area contributed by atoms with Crippen LogP contribution in [0, 0.1) is 5.92 Å². The van der Waals surface area contributed by atoms with Crippen LogP contribution in [0.15, 0.2) is 0 Å². The van der Waals surface area contributed by atoms with Crippen LogP contribution in [-0.2, 0) is 4.74 Å². The lowest BCUT2D eigenvalue weighted by molar-refractivity contribution is 0.0156. The van der Waals surface area contributed by atoms with Crippen LogP contribution in [0.1, 0.15) is 53.9 Å². The first-order valence-electron chi connectivity index (χ1n) is 8.71. The molecule has 0 bridgehead atoms. The van der Waals surface area contributed by atoms with Gasteiger partial charge in [-0.15, -0.1) is 0 Å². The van der Waals surface area contributed by atoms with E-state index >= 15 is 0 Å². The van der Waals surface area contributed by atoms with Gasteiger partial charge in [-0.1, -0.05) is 13.8 Å². The molecule has 2 heterocycles. The van der Waals surface area contributed by atoms with Crippen molar-refractivity contribution in [2.75, 3.05) is 19.6 Å². The lowest BCUT2D eigenvalue weighted by Gasteiger charge is -2.39. The van der Waals surface area contributed by atoms with E-state index in [2.05, 4.69) is 19.2 Å². The molecule has 2 rings (SSSR count). The maximum atomic E-state index is 12.2. The van der Waals surface area contributed by atoms with Crippen molar-refractivity contribution < 1.29 is 14.3 Å². The van der Waals surface area contributed by atoms with E-state index in [4.69, 9.17) is 4.74 Å². The van der Waals surface area contributed by atoms with Gasteiger partial charge in [0.15, 0.2) is 0 Å². The number of likely N-dealkylation sites (tertiary alicyclic amines) is 1. The highest BCUT2D eigenvalue weighted by Gasteiger charge is 2.38. The van der Waals surface area contributed by atoms with Crippen LogP contribution in [0.25, 0.3) is 0 Å². The average molecular weight is 325 g/mol. The molecule has 2 aliphatic rings. The third-order valence-corrected chi connectivity index (χ3v) is 4.37. The van der Waals surface area contributed by atoms with Crippen molar-refractivity contribution in [3.63, 3.8) is 0 Å². The number of ether oxygens (including phenoxy) is 1. The van der Waals surface area contributed by atoms with Crippen LogP contribution >= 0.6 is 0 Å². The molecular formula is C17H31N3O3. The van der Waals surface area contributed by atoms with E-state index in [-0.39, 0.29) is 24.2 Å². The zero-order chi connectivity index (χ0) is 17.2. The molecule has 0 saturated carbocycles. The maximum Gasteiger partial charge on any atom is 0.410 e. The summed E-state index contributed by atoms with van der Waals surface area (Å²) >= 11 is 0. The van der Waals surface area contributed by atoms with E-state index in [1.807, 2.05) is 25.7 Å². The number of hydrogen-bond donors (Lipinski definition) is 1. The Morgan fingerprint density at radius 2 is 1.91 bits per heavy atom. The number of hydrogen-bond acceptors (Lipinski definition) is 3. The molecule has 1 N–H and O–H groups in total. The number of amides is 3. The first-order chi connectivity index (χ1) is 10.7. The molecule has 2 aliphatic heterocycles. The summed E-state index contributed by atoms with van der Waals surface area (Å²) in [5.74, 6) is 0.567. The van der Waals surface area contributed by atoms with Crippen molar-refractivity contribution in [1.82, 2.24) is 15.1 Å². The Balaban J connectivity index is 1.90. The summed E-state index contributed by atoms with van der Waals surface area (Å²) in [5.41, 5.74) is -0.467. The second kappa shape index (κ2) is 6.97. The summed E-state index contributed by atoms with van der Waals surface area (Å²) in [5, 5.41) is 2.97. The third kappa shape index (κ3) is 4.75. The van der Waals surface area contributed by atoms with Crippen LogP contribution in [0.2, 0.25) is 0 Å². The van der Waals surface area contributed by atoms with Crippen molar-refractivity contribution in [3.05, 3.63) is 0 Å². The van der Waals surface area contributed by atoms with Gasteiger partial charge in [0.05, 0.1) is 6.04 Å². The van der Waals surface area contributed by atoms with E-state index in [0.29, 0.717) is 19.0 Å². The minimum Gasteiger partial charge on any atom is -0.444 e. The van der Waals surface area contributed by atoms with Gasteiger partial charge in [0, 0.05) is 25.7 Å². The van der Waals surface area contributed by atoms with Crippen LogP contribution in [-0.4, -0.2) is 59.2 Å². The highest BCUT2D eigenvalue weighted by Crippen LogP contribution is 2.25. The van der Waals surface area contributed by atoms with E-state index in [1.165, 1.54) is 0 Å². The van der Waals surface area contributed by atoms with Gasteiger partial charge in [0.1, 0.15) is 5.60 Å². The lowest BCUT2D eigenvalue weighted by Crippen LogP contribution is -2.51. The molecule has 23 heavy (non-hydrogen) atoms. The summed E-state index contributed by atoms with van der Waals surface area (Å²) in [4.78, 5) is 28.1. The third-order valence-electron chi connectivity index (χ3n) is 4.37. The quantitative estimate of drug-likeness (QED) is 0.868. The molecule has 0 aromatic rings. The lowest BCUT2D eigenvalue weighted by atomic mass is 9.98. The summed E-state index contributed by atoms with van der Waals surface area (Å²) in [6.45, 7) is 12.0. The van der Waals surface area contributed by atoms with Crippen molar-refractivity contribution in [1.29, 1.82) is 0 Å². The molecule has 6 nitrogen and oxygen atoms in total. The molecule has 0 aliphatic carbocycles. The molecular weight excluding hydrogens is 294 g/mol. The van der Waals surface area contributed by atoms with Gasteiger partial charge in [-0.05, 0) is 46.0 Å². The number of carbonyl (C=O) groups is 2. The Morgan fingerprint density at radius 3 is 2.43 bits per heavy atom. The Morgan fingerprint density at radius 1 is 1.30 bits per heavy atom. The van der Waals surface area contributed by atoms with E-state index < -0.39 is 5.60 Å². The van der Waals surface area contributed by atoms with Gasteiger partial charge >= 0.3 is 12.1 Å². The van der Waals surface area contributed by atoms with Crippen molar-refractivity contribution in [3.8, 4) is 0 Å². The fraction of sp³-hybridized carbons (Fsp3) is 0.882. The normalized spacial score (nSPS) is 23.4. The first-order valence-corrected chi connectivity index (χ1v) is 8.71. The van der Waals surface area contributed by atoms with E-state index in [1.54, 1.807) is 4.90 Å². The van der Waals surface area contributed by atoms with E-state index in [0.717, 1.165) is 25.8 Å². The monoisotopic (exact) mass is 325 g/mol. The molecule has 0 spiro atoms. The molecule has 0 aromatic heterocycles. The van der Waals surface area contributed by atoms with Gasteiger partial charge in [0.25, 0.3) is 0 Å². The summed E-state index contributed by atoms with van der Waals surface area (Å²) in [7, 11) is 0. The number of piperidine rings is 1. The van der Waals surface area contributed by atoms with Crippen LogP contribution < -0.4 is 5.32 Å². The fourth-order valence-electron chi connectivity index (χ4n) is 3.42. The smallest absolute Gasteiger partial charge is 0.410 e. The first kappa shape index (κ1) is 17.9. The SMILES string of the molecule is CC(C)CC1CNC(=O)N1C1CCN(C(=O)OC(C)(C)C)CC1. The highest BCUT2D eigenvalue weighted by atomic mass is 16.6. The van der Waals surface area contributed by atoms with Gasteiger partial charge in [-0.3, -0.25) is 0 Å². The Hall–Kier alpha value is -1.46. The molecule has 1 atom stereocenters. The fourth-order valence-corrected chi connectivity index (χ4v) is 3.42. The van der Waals surface area contributed by atoms with E-state index in [9.17, 15) is 9.59 Å². The minimum absolute atomic E-state index is 0.0476. The topological polar surface area (TPSA) is 61.9 Å². The Kier molecular flexibility index (Phi) is 5.42. The molecule has 2 fully saturated rings. The molecule has 1 unspecified atom stereocenters. The van der Waals surface area contributed by atoms with Gasteiger partial charge in [-0.25, -0.2) is 9.59 Å². The molecule has 132 valence electrons. The van der Waals surface area contributed by atoms with Crippen molar-refractivity contribution in [2.45, 2.75) is 71.6 Å². The zero-order valence-corrected chi connectivity index (χ0v) is 15.1. The van der Waals surface area contributed by atoms with Gasteiger partial charge < -0.3 is 19.9 Å². The molecule has 3 amide bonds. The second-order valence-corrected chi connectivity index (χ2v) is 8.08. The number of carbonyl (C=O) groups excluding carboxylic acids is 2. The van der Waals surface area contributed by atoms with Gasteiger partial charge in [-0.2, -0.15) is 0 Å². The predicted octanol–water partition coefficient (Wildman–Crippen LogP) is 2.83. The minimum atomic E-state index is -0.467. The molecule has 0 radical (unpaired) electrons. The number of urea groups is 1. The molecule has 0 aromatic carbocycles. The number of nitrogens with one attached hydrogen (secondary N) is 1. The highest BCUT2D eigenvalue weighted by molar-refractivity contribution is 5.77. The average Bonchev–Trinajstić information content (AvgIpc) is 2.77. The molecule has 6 heteroatoms. The largest absolute Gasteiger partial charge is 0.444 e. The molecule has 2 saturated heterocycles. The standard InChI is InChI=1S/C17H31N3O3/c1-12(2)10-14-11-18-15(21)20(14)13-6-8-19(9-7-13)16(22)23-17(3,4)5/h12-14H,6-11H2,1-5H3,(H,18,21). The maximum absolute atomic E-state index is 12.2. The summed E-state index contributed by atoms with van der Waals surface area (Å²) in [6, 6.07) is 0.548. The van der Waals surface area contributed by atoms with Gasteiger partial charge in [0.2, 0.25) is 0 Å². The second-order valence-electron chi connectivity index (χ2n) is 8.08. The Labute approximate surface area is 139 Å². The summed E-state index contributed by atoms with van der Waals surface area (Å²) < 4.78 is 5.43. The Bertz CT molecular complexity index is 437. The van der Waals surface area contributed by atoms with Crippen molar-refractivity contribution >= 4 is 12.1 Å². The zero-order valence-electron chi connectivity index (χ0n) is 15.1. The number of rotatable bonds is 3. The van der Waals surface area contributed by atoms with Crippen LogP contribution in [0.3, 0.4) is 0 Å². The van der Waals surface area contributed by atoms with Crippen molar-refractivity contribution in [2.24, 2.45) is 5.92 Å². The van der Waals surface area contributed by atoms with Crippen LogP contribution in [0.4, 0.5) is 9.59 Å².